The number of aryl methyl sites for hydroxylation is 1. The number of halogens is 1. The summed E-state index contributed by atoms with van der Waals surface area (Å²) in [6.07, 6.45) is 1.91. The van der Waals surface area contributed by atoms with Crippen molar-refractivity contribution in [2.75, 3.05) is 11.5 Å². The Morgan fingerprint density at radius 2 is 1.80 bits per heavy atom. The van der Waals surface area contributed by atoms with Crippen LogP contribution >= 0.6 is 23.1 Å². The van der Waals surface area contributed by atoms with Crippen molar-refractivity contribution in [3.05, 3.63) is 119 Å². The summed E-state index contributed by atoms with van der Waals surface area (Å²) in [5, 5.41) is 22.5. The summed E-state index contributed by atoms with van der Waals surface area (Å²) in [7, 11) is 0. The summed E-state index contributed by atoms with van der Waals surface area (Å²) in [4.78, 5) is 28.4. The molecular weight excluding hydrogens is 610 g/mol. The van der Waals surface area contributed by atoms with E-state index in [4.69, 9.17) is 4.74 Å². The van der Waals surface area contributed by atoms with E-state index < -0.39 is 29.3 Å². The van der Waals surface area contributed by atoms with Crippen LogP contribution in [0.4, 0.5) is 9.52 Å². The number of hydrogen-bond acceptors (Lipinski definition) is 8. The standard InChI is InChI=1S/C35H30FN3O4S2/c1-3-4-18-43-26-16-14-23(15-17-26)30-29(31(40)24-13-12-21(2)28(36)19-24)32(41)33(42)39(30)34-37-38-35(45-34)44-20-25-10-7-9-22-8-5-6-11-27(22)25/h5-17,19,30,40H,3-4,18,20H2,1-2H3/b31-29+. The van der Waals surface area contributed by atoms with E-state index in [2.05, 4.69) is 41.4 Å². The zero-order valence-electron chi connectivity index (χ0n) is 24.7. The highest BCUT2D eigenvalue weighted by Crippen LogP contribution is 2.44. The minimum Gasteiger partial charge on any atom is -0.507 e. The van der Waals surface area contributed by atoms with Crippen LogP contribution in [0.25, 0.3) is 16.5 Å². The zero-order chi connectivity index (χ0) is 31.5. The van der Waals surface area contributed by atoms with Crippen LogP contribution in [0.2, 0.25) is 0 Å². The highest BCUT2D eigenvalue weighted by molar-refractivity contribution is 8.00. The average molecular weight is 640 g/mol. The number of aliphatic hydroxyl groups is 1. The maximum atomic E-state index is 14.5. The van der Waals surface area contributed by atoms with Crippen LogP contribution in [0.1, 0.15) is 48.1 Å². The van der Waals surface area contributed by atoms with Gasteiger partial charge in [0.2, 0.25) is 5.13 Å². The molecule has 1 saturated heterocycles. The fourth-order valence-corrected chi connectivity index (χ4v) is 7.11. The number of aromatic nitrogens is 2. The van der Waals surface area contributed by atoms with Crippen molar-refractivity contribution in [1.82, 2.24) is 10.2 Å². The second kappa shape index (κ2) is 13.2. The summed E-state index contributed by atoms with van der Waals surface area (Å²) in [5.74, 6) is -1.45. The topological polar surface area (TPSA) is 92.6 Å². The molecule has 1 aromatic heterocycles. The second-order valence-corrected chi connectivity index (χ2v) is 12.9. The van der Waals surface area contributed by atoms with E-state index in [9.17, 15) is 19.1 Å². The molecule has 45 heavy (non-hydrogen) atoms. The molecule has 0 aliphatic carbocycles. The molecule has 1 atom stereocenters. The van der Waals surface area contributed by atoms with Gasteiger partial charge in [-0.2, -0.15) is 0 Å². The van der Waals surface area contributed by atoms with Crippen LogP contribution in [0.3, 0.4) is 0 Å². The van der Waals surface area contributed by atoms with Gasteiger partial charge in [-0.05, 0) is 59.0 Å². The quantitative estimate of drug-likeness (QED) is 0.0411. The van der Waals surface area contributed by atoms with Crippen molar-refractivity contribution in [3.63, 3.8) is 0 Å². The highest BCUT2D eigenvalue weighted by atomic mass is 32.2. The first-order chi connectivity index (χ1) is 21.9. The van der Waals surface area contributed by atoms with Gasteiger partial charge in [0.15, 0.2) is 4.34 Å². The second-order valence-electron chi connectivity index (χ2n) is 10.7. The SMILES string of the molecule is CCCCOc1ccc(C2/C(=C(\O)c3ccc(C)c(F)c3)C(=O)C(=O)N2c2nnc(SCc3cccc4ccccc34)s2)cc1. The number of carbonyl (C=O) groups is 2. The van der Waals surface area contributed by atoms with Crippen LogP contribution in [-0.2, 0) is 15.3 Å². The largest absolute Gasteiger partial charge is 0.507 e. The molecule has 6 rings (SSSR count). The number of thioether (sulfide) groups is 1. The van der Waals surface area contributed by atoms with Crippen LogP contribution in [0, 0.1) is 12.7 Å². The predicted molar refractivity (Wildman–Crippen MR) is 176 cm³/mol. The van der Waals surface area contributed by atoms with E-state index in [1.807, 2.05) is 18.2 Å². The lowest BCUT2D eigenvalue weighted by atomic mass is 9.95. The third-order valence-electron chi connectivity index (χ3n) is 7.69. The number of carbonyl (C=O) groups excluding carboxylic acids is 2. The van der Waals surface area contributed by atoms with Crippen LogP contribution in [-0.4, -0.2) is 33.6 Å². The van der Waals surface area contributed by atoms with Gasteiger partial charge >= 0.3 is 5.91 Å². The van der Waals surface area contributed by atoms with Gasteiger partial charge < -0.3 is 9.84 Å². The number of rotatable bonds is 10. The van der Waals surface area contributed by atoms with Gasteiger partial charge in [-0.25, -0.2) is 4.39 Å². The highest BCUT2D eigenvalue weighted by Gasteiger charge is 2.48. The summed E-state index contributed by atoms with van der Waals surface area (Å²) in [6.45, 7) is 4.25. The lowest BCUT2D eigenvalue weighted by molar-refractivity contribution is -0.132. The number of nitrogens with zero attached hydrogens (tertiary/aromatic N) is 3. The first-order valence-electron chi connectivity index (χ1n) is 14.6. The number of ketones is 1. The van der Waals surface area contributed by atoms with E-state index in [0.717, 1.165) is 35.2 Å². The van der Waals surface area contributed by atoms with Crippen LogP contribution < -0.4 is 9.64 Å². The van der Waals surface area contributed by atoms with Gasteiger partial charge in [-0.3, -0.25) is 14.5 Å². The molecule has 1 aliphatic heterocycles. The Morgan fingerprint density at radius 1 is 1.02 bits per heavy atom. The Bertz CT molecular complexity index is 1920. The molecule has 1 fully saturated rings. The average Bonchev–Trinajstić information content (AvgIpc) is 3.63. The monoisotopic (exact) mass is 639 g/mol. The van der Waals surface area contributed by atoms with Crippen molar-refractivity contribution in [1.29, 1.82) is 0 Å². The van der Waals surface area contributed by atoms with Gasteiger partial charge in [0.1, 0.15) is 17.3 Å². The Kier molecular flexibility index (Phi) is 8.95. The molecule has 1 amide bonds. The molecule has 2 heterocycles. The molecule has 1 aliphatic rings. The lowest BCUT2D eigenvalue weighted by Gasteiger charge is -2.22. The Morgan fingerprint density at radius 3 is 2.58 bits per heavy atom. The molecule has 5 aromatic rings. The minimum atomic E-state index is -1.01. The summed E-state index contributed by atoms with van der Waals surface area (Å²) in [6, 6.07) is 24.5. The Hall–Kier alpha value is -4.54. The van der Waals surface area contributed by atoms with Crippen LogP contribution in [0.5, 0.6) is 5.75 Å². The van der Waals surface area contributed by atoms with Crippen LogP contribution in [0.15, 0.2) is 94.8 Å². The third kappa shape index (κ3) is 6.21. The van der Waals surface area contributed by atoms with E-state index in [-0.39, 0.29) is 16.3 Å². The number of ether oxygens (including phenoxy) is 1. The lowest BCUT2D eigenvalue weighted by Crippen LogP contribution is -2.29. The maximum absolute atomic E-state index is 14.5. The normalized spacial score (nSPS) is 16.1. The van der Waals surface area contributed by atoms with E-state index in [1.54, 1.807) is 31.2 Å². The molecule has 0 bridgehead atoms. The molecule has 7 nitrogen and oxygen atoms in total. The molecule has 228 valence electrons. The Balaban J connectivity index is 1.35. The summed E-state index contributed by atoms with van der Waals surface area (Å²) < 4.78 is 20.9. The van der Waals surface area contributed by atoms with Crippen molar-refractivity contribution >= 4 is 56.5 Å². The van der Waals surface area contributed by atoms with Gasteiger partial charge in [0, 0.05) is 11.3 Å². The number of aliphatic hydroxyl groups excluding tert-OH is 1. The number of benzene rings is 4. The predicted octanol–water partition coefficient (Wildman–Crippen LogP) is 8.24. The van der Waals surface area contributed by atoms with Crippen molar-refractivity contribution in [3.8, 4) is 5.75 Å². The first-order valence-corrected chi connectivity index (χ1v) is 16.4. The van der Waals surface area contributed by atoms with Crippen molar-refractivity contribution in [2.45, 2.75) is 42.8 Å². The fraction of sp³-hybridized carbons (Fsp3) is 0.200. The number of Topliss-reactive ketones (excluding diaryl/α,β-unsaturated/α-hetero) is 1. The number of unbranched alkanes of at least 4 members (excludes halogenated alkanes) is 1. The Labute approximate surface area is 268 Å². The molecule has 1 N–H and O–H groups in total. The maximum Gasteiger partial charge on any atom is 0.301 e. The van der Waals surface area contributed by atoms with E-state index in [1.165, 1.54) is 40.1 Å². The zero-order valence-corrected chi connectivity index (χ0v) is 26.3. The number of anilines is 1. The number of amides is 1. The van der Waals surface area contributed by atoms with Crippen molar-refractivity contribution in [2.24, 2.45) is 0 Å². The van der Waals surface area contributed by atoms with Gasteiger partial charge in [0.25, 0.3) is 5.78 Å². The third-order valence-corrected chi connectivity index (χ3v) is 9.79. The molecular formula is C35H30FN3O4S2. The molecule has 0 spiro atoms. The molecule has 10 heteroatoms. The fourth-order valence-electron chi connectivity index (χ4n) is 5.24. The van der Waals surface area contributed by atoms with E-state index >= 15 is 0 Å². The van der Waals surface area contributed by atoms with Gasteiger partial charge in [0.05, 0.1) is 18.2 Å². The van der Waals surface area contributed by atoms with Gasteiger partial charge in [-0.1, -0.05) is 103 Å². The first kappa shape index (κ1) is 30.5. The molecule has 0 saturated carbocycles. The van der Waals surface area contributed by atoms with Crippen molar-refractivity contribution < 1.29 is 23.8 Å². The molecule has 1 unspecified atom stereocenters. The number of hydrogen-bond donors (Lipinski definition) is 1. The molecule has 4 aromatic carbocycles. The summed E-state index contributed by atoms with van der Waals surface area (Å²) >= 11 is 2.68. The number of fused-ring (bicyclic) bond motifs is 1. The van der Waals surface area contributed by atoms with E-state index in [0.29, 0.717) is 33.6 Å². The van der Waals surface area contributed by atoms with Gasteiger partial charge in [-0.15, -0.1) is 10.2 Å². The summed E-state index contributed by atoms with van der Waals surface area (Å²) in [5.41, 5.74) is 2.05. The molecule has 0 radical (unpaired) electrons. The smallest absolute Gasteiger partial charge is 0.301 e. The minimum absolute atomic E-state index is 0.101.